The average molecular weight is 604 g/mol. The van der Waals surface area contributed by atoms with E-state index in [2.05, 4.69) is 21.9 Å². The first kappa shape index (κ1) is 28.6. The number of piperazine rings is 1. The minimum absolute atomic E-state index is 0.0263. The standard InChI is InChI=1S/C31H31ClFN7O3/c1-6-21(42)38-13-17(5)39-18(14-38)12-35-26-23-29(36-27(24(26)32)22-19(33)8-7-9-20(22)41)40(31(43)37-30(23)39)28-16(4)10-11-34-25(28)15(2)3/h6-11,15,17-18,35,41H,1,12-14H2,2-5H3. The van der Waals surface area contributed by atoms with Gasteiger partial charge in [0.2, 0.25) is 5.91 Å². The summed E-state index contributed by atoms with van der Waals surface area (Å²) >= 11 is 7.00. The Hall–Kier alpha value is -4.51. The van der Waals surface area contributed by atoms with Crippen LogP contribution in [0, 0.1) is 12.7 Å². The van der Waals surface area contributed by atoms with Gasteiger partial charge >= 0.3 is 5.69 Å². The van der Waals surface area contributed by atoms with Crippen molar-refractivity contribution in [3.8, 4) is 22.7 Å². The lowest BCUT2D eigenvalue weighted by Gasteiger charge is -2.45. The number of phenols is 1. The smallest absolute Gasteiger partial charge is 0.355 e. The van der Waals surface area contributed by atoms with Crippen LogP contribution < -0.4 is 15.9 Å². The third-order valence-corrected chi connectivity index (χ3v) is 8.50. The second-order valence-corrected chi connectivity index (χ2v) is 11.7. The van der Waals surface area contributed by atoms with E-state index in [1.165, 1.54) is 28.8 Å². The van der Waals surface area contributed by atoms with Gasteiger partial charge in [-0.1, -0.05) is 38.1 Å². The molecule has 2 atom stereocenters. The summed E-state index contributed by atoms with van der Waals surface area (Å²) in [4.78, 5) is 44.5. The molecule has 2 aliphatic rings. The van der Waals surface area contributed by atoms with E-state index in [-0.39, 0.29) is 51.6 Å². The first-order chi connectivity index (χ1) is 20.5. The van der Waals surface area contributed by atoms with Crippen LogP contribution >= 0.6 is 11.6 Å². The van der Waals surface area contributed by atoms with E-state index in [4.69, 9.17) is 16.6 Å². The highest BCUT2D eigenvalue weighted by molar-refractivity contribution is 6.37. The molecule has 43 heavy (non-hydrogen) atoms. The van der Waals surface area contributed by atoms with Crippen molar-refractivity contribution >= 4 is 40.0 Å². The van der Waals surface area contributed by atoms with Crippen molar-refractivity contribution < 1.29 is 14.3 Å². The van der Waals surface area contributed by atoms with Gasteiger partial charge in [-0.2, -0.15) is 4.98 Å². The van der Waals surface area contributed by atoms with Gasteiger partial charge in [-0.05, 0) is 49.6 Å². The Labute approximate surface area is 252 Å². The Morgan fingerprint density at radius 3 is 2.72 bits per heavy atom. The number of amides is 1. The van der Waals surface area contributed by atoms with Gasteiger partial charge in [0.15, 0.2) is 5.65 Å². The molecular formula is C31H31ClFN7O3. The molecule has 1 fully saturated rings. The Bertz CT molecular complexity index is 1850. The molecule has 1 amide bonds. The van der Waals surface area contributed by atoms with Crippen molar-refractivity contribution in [2.45, 2.75) is 45.7 Å². The molecule has 0 radical (unpaired) electrons. The number of benzene rings is 1. The van der Waals surface area contributed by atoms with E-state index in [1.807, 2.05) is 32.6 Å². The molecule has 3 aromatic heterocycles. The number of hydrogen-bond acceptors (Lipinski definition) is 8. The van der Waals surface area contributed by atoms with Crippen molar-refractivity contribution in [3.05, 3.63) is 75.7 Å². The molecule has 12 heteroatoms. The molecule has 0 saturated carbocycles. The number of phenolic OH excluding ortho intramolecular Hbond substituents is 1. The fourth-order valence-corrected chi connectivity index (χ4v) is 6.52. The Morgan fingerprint density at radius 1 is 1.26 bits per heavy atom. The van der Waals surface area contributed by atoms with E-state index in [1.54, 1.807) is 17.2 Å². The minimum Gasteiger partial charge on any atom is -0.507 e. The summed E-state index contributed by atoms with van der Waals surface area (Å²) in [6.07, 6.45) is 2.98. The van der Waals surface area contributed by atoms with Gasteiger partial charge in [-0.25, -0.2) is 18.7 Å². The van der Waals surface area contributed by atoms with Crippen LogP contribution in [0.25, 0.3) is 28.0 Å². The number of nitrogens with zero attached hydrogens (tertiary/aromatic N) is 6. The van der Waals surface area contributed by atoms with E-state index >= 15 is 4.39 Å². The number of aryl methyl sites for hydroxylation is 1. The maximum atomic E-state index is 15.3. The Balaban J connectivity index is 1.73. The van der Waals surface area contributed by atoms with Crippen molar-refractivity contribution in [1.82, 2.24) is 24.4 Å². The predicted molar refractivity (Wildman–Crippen MR) is 165 cm³/mol. The van der Waals surface area contributed by atoms with Crippen LogP contribution in [0.15, 0.2) is 47.9 Å². The first-order valence-corrected chi connectivity index (χ1v) is 14.4. The van der Waals surface area contributed by atoms with Crippen molar-refractivity contribution in [3.63, 3.8) is 0 Å². The number of halogens is 2. The maximum Gasteiger partial charge on any atom is 0.355 e. The zero-order valence-electron chi connectivity index (χ0n) is 24.2. The first-order valence-electron chi connectivity index (χ1n) is 14.1. The van der Waals surface area contributed by atoms with Gasteiger partial charge in [0, 0.05) is 31.9 Å². The second kappa shape index (κ2) is 10.6. The number of carbonyl (C=O) groups is 1. The number of aromatic hydroxyl groups is 1. The fourth-order valence-electron chi connectivity index (χ4n) is 6.22. The molecule has 1 aromatic carbocycles. The van der Waals surface area contributed by atoms with Crippen molar-refractivity contribution in [2.24, 2.45) is 0 Å². The lowest BCUT2D eigenvalue weighted by molar-refractivity contribution is -0.127. The summed E-state index contributed by atoms with van der Waals surface area (Å²) < 4.78 is 16.7. The largest absolute Gasteiger partial charge is 0.507 e. The molecule has 10 nitrogen and oxygen atoms in total. The van der Waals surface area contributed by atoms with Crippen LogP contribution in [0.1, 0.15) is 37.9 Å². The number of carbonyl (C=O) groups excluding carboxylic acids is 1. The molecule has 2 aliphatic heterocycles. The van der Waals surface area contributed by atoms with Crippen molar-refractivity contribution in [2.75, 3.05) is 29.9 Å². The third-order valence-electron chi connectivity index (χ3n) is 8.13. The highest BCUT2D eigenvalue weighted by atomic mass is 35.5. The average Bonchev–Trinajstić information content (AvgIpc) is 3.13. The van der Waals surface area contributed by atoms with Crippen LogP contribution in [0.3, 0.4) is 0 Å². The topological polar surface area (TPSA) is 116 Å². The molecule has 2 N–H and O–H groups in total. The van der Waals surface area contributed by atoms with E-state index in [9.17, 15) is 14.7 Å². The van der Waals surface area contributed by atoms with Crippen LogP contribution in [-0.4, -0.2) is 67.2 Å². The molecule has 1 saturated heterocycles. The van der Waals surface area contributed by atoms with Crippen LogP contribution in [0.2, 0.25) is 5.02 Å². The Morgan fingerprint density at radius 2 is 2.02 bits per heavy atom. The molecule has 2 unspecified atom stereocenters. The lowest BCUT2D eigenvalue weighted by Crippen LogP contribution is -2.61. The summed E-state index contributed by atoms with van der Waals surface area (Å²) in [7, 11) is 0. The predicted octanol–water partition coefficient (Wildman–Crippen LogP) is 4.79. The van der Waals surface area contributed by atoms with Crippen molar-refractivity contribution in [1.29, 1.82) is 0 Å². The number of hydrogen-bond donors (Lipinski definition) is 2. The fraction of sp³-hybridized carbons (Fsp3) is 0.323. The maximum absolute atomic E-state index is 15.3. The summed E-state index contributed by atoms with van der Waals surface area (Å²) in [5.74, 6) is -0.935. The highest BCUT2D eigenvalue weighted by Gasteiger charge is 2.39. The Kier molecular flexibility index (Phi) is 7.08. The SMILES string of the molecule is C=CC(=O)N1CC(C)N2c3nc(=O)n(-c4c(C)ccnc4C(C)C)c4nc(-c5c(O)cccc5F)c(Cl)c(c34)NCC2C1. The van der Waals surface area contributed by atoms with Gasteiger partial charge in [-0.3, -0.25) is 9.78 Å². The highest BCUT2D eigenvalue weighted by Crippen LogP contribution is 2.46. The zero-order valence-corrected chi connectivity index (χ0v) is 25.0. The van der Waals surface area contributed by atoms with Crippen LogP contribution in [0.4, 0.5) is 15.9 Å². The lowest BCUT2D eigenvalue weighted by atomic mass is 10.0. The van der Waals surface area contributed by atoms with Gasteiger partial charge < -0.3 is 20.2 Å². The number of pyridine rings is 2. The molecular weight excluding hydrogens is 573 g/mol. The molecule has 0 aliphatic carbocycles. The van der Waals surface area contributed by atoms with Gasteiger partial charge in [0.25, 0.3) is 0 Å². The number of nitrogens with one attached hydrogen (secondary N) is 1. The number of anilines is 2. The molecule has 0 spiro atoms. The summed E-state index contributed by atoms with van der Waals surface area (Å²) in [5, 5.41) is 14.7. The number of fused-ring (bicyclic) bond motifs is 2. The molecule has 0 bridgehead atoms. The van der Waals surface area contributed by atoms with Gasteiger partial charge in [0.1, 0.15) is 23.1 Å². The van der Waals surface area contributed by atoms with E-state index in [0.29, 0.717) is 47.9 Å². The quantitative estimate of drug-likeness (QED) is 0.320. The molecule has 5 heterocycles. The molecule has 222 valence electrons. The third kappa shape index (κ3) is 4.50. The summed E-state index contributed by atoms with van der Waals surface area (Å²) in [6, 6.07) is 5.26. The van der Waals surface area contributed by atoms with E-state index < -0.39 is 11.5 Å². The zero-order chi connectivity index (χ0) is 30.7. The number of rotatable bonds is 4. The summed E-state index contributed by atoms with van der Waals surface area (Å²) in [5.41, 5.74) is 1.75. The van der Waals surface area contributed by atoms with Gasteiger partial charge in [-0.15, -0.1) is 0 Å². The van der Waals surface area contributed by atoms with Crippen LogP contribution in [-0.2, 0) is 4.79 Å². The molecule has 4 aromatic rings. The molecule has 6 rings (SSSR count). The minimum atomic E-state index is -0.720. The second-order valence-electron chi connectivity index (χ2n) is 11.3. The van der Waals surface area contributed by atoms with Crippen LogP contribution in [0.5, 0.6) is 5.75 Å². The van der Waals surface area contributed by atoms with Gasteiger partial charge in [0.05, 0.1) is 39.1 Å². The normalized spacial score (nSPS) is 17.9. The monoisotopic (exact) mass is 603 g/mol. The number of aromatic nitrogens is 4. The van der Waals surface area contributed by atoms with E-state index in [0.717, 1.165) is 5.56 Å². The summed E-state index contributed by atoms with van der Waals surface area (Å²) in [6.45, 7) is 12.5.